The molecule has 1 heterocycles. The maximum atomic E-state index is 12.4. The lowest BCUT2D eigenvalue weighted by Crippen LogP contribution is -2.20. The summed E-state index contributed by atoms with van der Waals surface area (Å²) < 4.78 is 73.2. The van der Waals surface area contributed by atoms with Crippen LogP contribution in [-0.4, -0.2) is 59.7 Å². The molecule has 47 heavy (non-hydrogen) atoms. The molecule has 18 heteroatoms. The Morgan fingerprint density at radius 2 is 1.64 bits per heavy atom. The fourth-order valence-corrected chi connectivity index (χ4v) is 6.12. The molecule has 0 aliphatic carbocycles. The second kappa shape index (κ2) is 13.0. The fraction of sp³-hybridized carbons (Fsp3) is 0.138. The van der Waals surface area contributed by atoms with E-state index in [0.29, 0.717) is 12.2 Å². The number of aromatic hydroxyl groups is 1. The molecule has 0 aliphatic rings. The molecular formula is C29H26ClN7O8S2. The van der Waals surface area contributed by atoms with Gasteiger partial charge in [-0.2, -0.15) is 31.8 Å². The quantitative estimate of drug-likeness (QED) is 0.0903. The zero-order valence-electron chi connectivity index (χ0n) is 24.8. The van der Waals surface area contributed by atoms with Crippen LogP contribution in [0.2, 0.25) is 5.28 Å². The van der Waals surface area contributed by atoms with Crippen molar-refractivity contribution in [3.8, 4) is 11.5 Å². The first-order valence-electron chi connectivity index (χ1n) is 13.6. The minimum Gasteiger partial charge on any atom is -0.505 e. The van der Waals surface area contributed by atoms with E-state index in [0.717, 1.165) is 29.4 Å². The maximum absolute atomic E-state index is 12.4. The van der Waals surface area contributed by atoms with Crippen molar-refractivity contribution in [1.29, 1.82) is 0 Å². The molecule has 15 nitrogen and oxygen atoms in total. The SMILES string of the molecule is CCN(c1nc(Cl)nc(Nc2ccc3c(O)c(N=Nc4ccc(OC)cc4S(=O)(=O)O)c(S(=O)(=O)O)cc3c2)n1)c1ccccc1C. The standard InChI is InChI=1S/C29H26ClN7O8S2/c1-4-37(22-8-6-5-7-16(22)2)29-33-27(30)32-28(34-29)31-18-9-11-20-17(13-18)14-24(47(42,43)44)25(26(20)38)36-35-21-12-10-19(45-3)15-23(21)46(39,40)41/h5-15,38H,4H2,1-3H3,(H,39,40,41)(H,42,43,44)(H,31,32,33,34). The van der Waals surface area contributed by atoms with Gasteiger partial charge in [0.15, 0.2) is 5.75 Å². The number of benzene rings is 4. The number of nitrogens with zero attached hydrogens (tertiary/aromatic N) is 6. The highest BCUT2D eigenvalue weighted by atomic mass is 35.5. The van der Waals surface area contributed by atoms with Crippen LogP contribution in [-0.2, 0) is 20.2 Å². The van der Waals surface area contributed by atoms with Gasteiger partial charge in [0, 0.05) is 29.4 Å². The van der Waals surface area contributed by atoms with Gasteiger partial charge in [-0.3, -0.25) is 9.11 Å². The number of fused-ring (bicyclic) bond motifs is 1. The number of rotatable bonds is 10. The normalized spacial score (nSPS) is 12.0. The van der Waals surface area contributed by atoms with Gasteiger partial charge in [0.1, 0.15) is 26.9 Å². The molecule has 0 amide bonds. The number of nitrogens with one attached hydrogen (secondary N) is 1. The summed E-state index contributed by atoms with van der Waals surface area (Å²) in [5.74, 6) is -0.252. The van der Waals surface area contributed by atoms with E-state index < -0.39 is 47.2 Å². The Bertz CT molecular complexity index is 2270. The number of hydrogen-bond acceptors (Lipinski definition) is 13. The molecule has 0 aliphatic heterocycles. The summed E-state index contributed by atoms with van der Waals surface area (Å²) in [6, 6.07) is 16.6. The lowest BCUT2D eigenvalue weighted by molar-refractivity contribution is 0.412. The minimum absolute atomic E-state index is 0.0742. The van der Waals surface area contributed by atoms with Crippen molar-refractivity contribution in [3.05, 3.63) is 77.6 Å². The molecule has 5 aromatic rings. The Balaban J connectivity index is 1.55. The molecule has 0 saturated carbocycles. The van der Waals surface area contributed by atoms with Gasteiger partial charge in [0.05, 0.1) is 7.11 Å². The smallest absolute Gasteiger partial charge is 0.296 e. The average Bonchev–Trinajstić information content (AvgIpc) is 3.00. The summed E-state index contributed by atoms with van der Waals surface area (Å²) in [5, 5.41) is 21.7. The monoisotopic (exact) mass is 699 g/mol. The van der Waals surface area contributed by atoms with Crippen LogP contribution < -0.4 is 15.0 Å². The van der Waals surface area contributed by atoms with Crippen LogP contribution in [0, 0.1) is 6.92 Å². The predicted molar refractivity (Wildman–Crippen MR) is 174 cm³/mol. The lowest BCUT2D eigenvalue weighted by Gasteiger charge is -2.23. The van der Waals surface area contributed by atoms with Gasteiger partial charge in [-0.05, 0) is 78.9 Å². The number of azo groups is 1. The molecule has 0 atom stereocenters. The number of phenolic OH excluding ortho intramolecular Hbond substituents is 1. The minimum atomic E-state index is -5.00. The molecular weight excluding hydrogens is 674 g/mol. The van der Waals surface area contributed by atoms with Gasteiger partial charge in [-0.1, -0.05) is 18.2 Å². The Morgan fingerprint density at radius 3 is 2.30 bits per heavy atom. The number of anilines is 4. The highest BCUT2D eigenvalue weighted by Crippen LogP contribution is 2.43. The van der Waals surface area contributed by atoms with Crippen LogP contribution in [0.15, 0.2) is 86.7 Å². The summed E-state index contributed by atoms with van der Waals surface area (Å²) in [6.07, 6.45) is 0. The molecule has 0 unspecified atom stereocenters. The molecule has 1 aromatic heterocycles. The summed E-state index contributed by atoms with van der Waals surface area (Å²) in [5.41, 5.74) is 1.15. The first kappa shape index (κ1) is 33.4. The third-order valence-corrected chi connectivity index (χ3v) is 8.77. The molecule has 5 rings (SSSR count). The number of halogens is 1. The Labute approximate surface area is 274 Å². The number of para-hydroxylation sites is 1. The average molecular weight is 700 g/mol. The number of aromatic nitrogens is 3. The number of hydrogen-bond donors (Lipinski definition) is 4. The fourth-order valence-electron chi connectivity index (χ4n) is 4.67. The van der Waals surface area contributed by atoms with Crippen LogP contribution in [0.3, 0.4) is 0 Å². The predicted octanol–water partition coefficient (Wildman–Crippen LogP) is 6.51. The topological polar surface area (TPSA) is 217 Å². The first-order valence-corrected chi connectivity index (χ1v) is 16.8. The zero-order chi connectivity index (χ0) is 34.1. The van der Waals surface area contributed by atoms with Crippen molar-refractivity contribution in [2.24, 2.45) is 10.2 Å². The van der Waals surface area contributed by atoms with E-state index in [1.54, 1.807) is 0 Å². The van der Waals surface area contributed by atoms with E-state index in [1.807, 2.05) is 43.0 Å². The second-order valence-electron chi connectivity index (χ2n) is 9.88. The van der Waals surface area contributed by atoms with E-state index in [2.05, 4.69) is 30.5 Å². The van der Waals surface area contributed by atoms with Crippen molar-refractivity contribution >= 4 is 77.3 Å². The van der Waals surface area contributed by atoms with Crippen molar-refractivity contribution < 1.29 is 35.8 Å². The number of phenols is 1. The molecule has 0 bridgehead atoms. The van der Waals surface area contributed by atoms with Crippen molar-refractivity contribution in [2.45, 2.75) is 23.6 Å². The third-order valence-electron chi connectivity index (χ3n) is 6.85. The number of methoxy groups -OCH3 is 1. The molecule has 0 saturated heterocycles. The molecule has 0 spiro atoms. The van der Waals surface area contributed by atoms with Crippen molar-refractivity contribution in [3.63, 3.8) is 0 Å². The van der Waals surface area contributed by atoms with Crippen LogP contribution in [0.5, 0.6) is 11.5 Å². The van der Waals surface area contributed by atoms with E-state index in [-0.39, 0.29) is 33.7 Å². The highest BCUT2D eigenvalue weighted by Gasteiger charge is 2.24. The van der Waals surface area contributed by atoms with Crippen molar-refractivity contribution in [2.75, 3.05) is 23.9 Å². The summed E-state index contributed by atoms with van der Waals surface area (Å²) in [4.78, 5) is 13.3. The van der Waals surface area contributed by atoms with E-state index >= 15 is 0 Å². The van der Waals surface area contributed by atoms with E-state index in [9.17, 15) is 31.0 Å². The van der Waals surface area contributed by atoms with Crippen LogP contribution in [0.25, 0.3) is 10.8 Å². The van der Waals surface area contributed by atoms with Gasteiger partial charge < -0.3 is 20.1 Å². The zero-order valence-corrected chi connectivity index (χ0v) is 27.2. The summed E-state index contributed by atoms with van der Waals surface area (Å²) in [6.45, 7) is 4.40. The van der Waals surface area contributed by atoms with Gasteiger partial charge in [-0.25, -0.2) is 0 Å². The number of ether oxygens (including phenoxy) is 1. The largest absolute Gasteiger partial charge is 0.505 e. The van der Waals surface area contributed by atoms with Crippen LogP contribution in [0.4, 0.5) is 34.6 Å². The third kappa shape index (κ3) is 7.23. The van der Waals surface area contributed by atoms with Gasteiger partial charge >= 0.3 is 0 Å². The number of aryl methyl sites for hydroxylation is 1. The summed E-state index contributed by atoms with van der Waals surface area (Å²) >= 11 is 6.24. The highest BCUT2D eigenvalue weighted by molar-refractivity contribution is 7.86. The van der Waals surface area contributed by atoms with Gasteiger partial charge in [0.2, 0.25) is 17.2 Å². The Hall–Kier alpha value is -4.94. The molecule has 0 radical (unpaired) electrons. The Morgan fingerprint density at radius 1 is 0.915 bits per heavy atom. The van der Waals surface area contributed by atoms with Gasteiger partial charge in [0.25, 0.3) is 20.2 Å². The molecule has 4 aromatic carbocycles. The lowest BCUT2D eigenvalue weighted by atomic mass is 10.1. The molecule has 244 valence electrons. The molecule has 4 N–H and O–H groups in total. The van der Waals surface area contributed by atoms with Gasteiger partial charge in [-0.15, -0.1) is 10.2 Å². The molecule has 0 fully saturated rings. The summed E-state index contributed by atoms with van der Waals surface area (Å²) in [7, 11) is -8.53. The van der Waals surface area contributed by atoms with Crippen LogP contribution in [0.1, 0.15) is 12.5 Å². The van der Waals surface area contributed by atoms with Crippen molar-refractivity contribution in [1.82, 2.24) is 15.0 Å². The second-order valence-corrected chi connectivity index (χ2v) is 13.0. The van der Waals surface area contributed by atoms with Crippen LogP contribution >= 0.6 is 11.6 Å². The maximum Gasteiger partial charge on any atom is 0.296 e. The van der Waals surface area contributed by atoms with E-state index in [4.69, 9.17) is 16.3 Å². The Kier molecular flexibility index (Phi) is 9.28. The first-order chi connectivity index (χ1) is 22.2. The van der Waals surface area contributed by atoms with E-state index in [1.165, 1.54) is 31.4 Å².